The summed E-state index contributed by atoms with van der Waals surface area (Å²) in [7, 11) is 0. The first-order valence-electron chi connectivity index (χ1n) is 3.99. The van der Waals surface area contributed by atoms with Gasteiger partial charge >= 0.3 is 0 Å². The molecule has 0 saturated carbocycles. The van der Waals surface area contributed by atoms with Gasteiger partial charge in [0, 0.05) is 6.07 Å². The first-order valence-corrected chi connectivity index (χ1v) is 5.59. The first-order chi connectivity index (χ1) is 7.13. The Labute approximate surface area is 93.5 Å². The number of nitrogens with zero attached hydrogens (tertiary/aromatic N) is 3. The van der Waals surface area contributed by atoms with Crippen LogP contribution in [-0.2, 0) is 0 Å². The quantitative estimate of drug-likeness (QED) is 0.466. The average molecular weight is 250 g/mol. The van der Waals surface area contributed by atoms with Gasteiger partial charge < -0.3 is 0 Å². The van der Waals surface area contributed by atoms with Crippen molar-refractivity contribution in [3.63, 3.8) is 0 Å². The average Bonchev–Trinajstić information content (AvgIpc) is 2.59. The summed E-state index contributed by atoms with van der Waals surface area (Å²) in [4.78, 5) is 7.64. The number of halogens is 3. The fraction of sp³-hybridized carbons (Fsp3) is 0.250. The SMILES string of the molecule is CSc1nc(Cl)cc2c(C(F)F)ncn12. The maximum Gasteiger partial charge on any atom is 0.282 e. The lowest BCUT2D eigenvalue weighted by atomic mass is 10.4. The topological polar surface area (TPSA) is 30.2 Å². The lowest BCUT2D eigenvalue weighted by Crippen LogP contribution is -1.94. The van der Waals surface area contributed by atoms with Crippen LogP contribution in [0.4, 0.5) is 8.78 Å². The van der Waals surface area contributed by atoms with Crippen LogP contribution in [0.5, 0.6) is 0 Å². The second-order valence-corrected chi connectivity index (χ2v) is 3.91. The molecule has 0 amide bonds. The minimum atomic E-state index is -2.61. The molecule has 0 N–H and O–H groups in total. The van der Waals surface area contributed by atoms with Crippen molar-refractivity contribution in [1.29, 1.82) is 0 Å². The summed E-state index contributed by atoms with van der Waals surface area (Å²) in [5.41, 5.74) is 0.0314. The summed E-state index contributed by atoms with van der Waals surface area (Å²) in [6.45, 7) is 0. The van der Waals surface area contributed by atoms with Gasteiger partial charge in [0.05, 0.1) is 5.52 Å². The van der Waals surface area contributed by atoms with Crippen LogP contribution in [0.25, 0.3) is 5.52 Å². The van der Waals surface area contributed by atoms with Crippen molar-refractivity contribution >= 4 is 28.9 Å². The molecule has 0 aliphatic heterocycles. The molecule has 7 heteroatoms. The van der Waals surface area contributed by atoms with E-state index in [4.69, 9.17) is 11.6 Å². The number of alkyl halides is 2. The third-order valence-electron chi connectivity index (χ3n) is 1.89. The monoisotopic (exact) mass is 249 g/mol. The predicted octanol–water partition coefficient (Wildman–Crippen LogP) is 3.04. The van der Waals surface area contributed by atoms with E-state index in [1.807, 2.05) is 0 Å². The third kappa shape index (κ3) is 1.79. The van der Waals surface area contributed by atoms with Crippen LogP contribution in [-0.4, -0.2) is 20.6 Å². The van der Waals surface area contributed by atoms with E-state index in [2.05, 4.69) is 9.97 Å². The molecule has 80 valence electrons. The highest BCUT2D eigenvalue weighted by atomic mass is 35.5. The van der Waals surface area contributed by atoms with Crippen molar-refractivity contribution in [2.24, 2.45) is 0 Å². The van der Waals surface area contributed by atoms with E-state index < -0.39 is 6.43 Å². The standard InChI is InChI=1S/C8H6ClF2N3S/c1-15-8-13-5(9)2-4-6(7(10)11)12-3-14(4)8/h2-3,7H,1H3. The zero-order chi connectivity index (χ0) is 11.0. The number of fused-ring (bicyclic) bond motifs is 1. The van der Waals surface area contributed by atoms with Gasteiger partial charge in [-0.15, -0.1) is 0 Å². The van der Waals surface area contributed by atoms with Crippen LogP contribution < -0.4 is 0 Å². The van der Waals surface area contributed by atoms with Gasteiger partial charge in [0.1, 0.15) is 17.2 Å². The molecule has 2 aromatic heterocycles. The van der Waals surface area contributed by atoms with Gasteiger partial charge in [-0.2, -0.15) is 0 Å². The third-order valence-corrected chi connectivity index (χ3v) is 2.73. The highest BCUT2D eigenvalue weighted by Gasteiger charge is 2.17. The van der Waals surface area contributed by atoms with Crippen molar-refractivity contribution in [3.05, 3.63) is 23.2 Å². The van der Waals surface area contributed by atoms with Crippen LogP contribution in [0.15, 0.2) is 17.6 Å². The van der Waals surface area contributed by atoms with E-state index in [1.165, 1.54) is 28.6 Å². The minimum absolute atomic E-state index is 0.189. The lowest BCUT2D eigenvalue weighted by molar-refractivity contribution is 0.148. The molecule has 2 rings (SSSR count). The van der Waals surface area contributed by atoms with Crippen molar-refractivity contribution in [2.45, 2.75) is 11.6 Å². The molecule has 0 fully saturated rings. The molecule has 0 saturated heterocycles. The van der Waals surface area contributed by atoms with Gasteiger partial charge in [-0.05, 0) is 6.26 Å². The van der Waals surface area contributed by atoms with Gasteiger partial charge in [0.2, 0.25) is 0 Å². The summed E-state index contributed by atoms with van der Waals surface area (Å²) in [5.74, 6) is 0. The lowest BCUT2D eigenvalue weighted by Gasteiger charge is -2.02. The summed E-state index contributed by atoms with van der Waals surface area (Å²) in [6.07, 6.45) is 0.509. The maximum absolute atomic E-state index is 12.6. The minimum Gasteiger partial charge on any atom is -0.277 e. The number of hydrogen-bond acceptors (Lipinski definition) is 3. The Morgan fingerprint density at radius 1 is 1.53 bits per heavy atom. The molecule has 15 heavy (non-hydrogen) atoms. The highest BCUT2D eigenvalue weighted by Crippen LogP contribution is 2.26. The zero-order valence-electron chi connectivity index (χ0n) is 7.62. The number of rotatable bonds is 2. The molecule has 3 nitrogen and oxygen atoms in total. The fourth-order valence-electron chi connectivity index (χ4n) is 1.27. The molecular weight excluding hydrogens is 244 g/mol. The Morgan fingerprint density at radius 3 is 2.87 bits per heavy atom. The van der Waals surface area contributed by atoms with E-state index in [-0.39, 0.29) is 10.8 Å². The second-order valence-electron chi connectivity index (χ2n) is 2.75. The molecule has 0 aliphatic rings. The molecular formula is C8H6ClF2N3S. The molecule has 0 aliphatic carbocycles. The van der Waals surface area contributed by atoms with Crippen LogP contribution in [0.1, 0.15) is 12.1 Å². The molecule has 0 spiro atoms. The van der Waals surface area contributed by atoms with E-state index in [1.54, 1.807) is 6.26 Å². The Bertz CT molecular complexity index is 500. The number of hydrogen-bond donors (Lipinski definition) is 0. The van der Waals surface area contributed by atoms with E-state index in [0.717, 1.165) is 0 Å². The van der Waals surface area contributed by atoms with Gasteiger partial charge in [-0.25, -0.2) is 18.7 Å². The fourth-order valence-corrected chi connectivity index (χ4v) is 2.04. The van der Waals surface area contributed by atoms with Gasteiger partial charge in [-0.3, -0.25) is 4.40 Å². The molecule has 2 aromatic rings. The predicted molar refractivity (Wildman–Crippen MR) is 54.7 cm³/mol. The smallest absolute Gasteiger partial charge is 0.277 e. The number of aromatic nitrogens is 3. The Balaban J connectivity index is 2.75. The van der Waals surface area contributed by atoms with Gasteiger partial charge in [0.25, 0.3) is 6.43 Å². The van der Waals surface area contributed by atoms with Gasteiger partial charge in [-0.1, -0.05) is 23.4 Å². The molecule has 0 bridgehead atoms. The summed E-state index contributed by atoms with van der Waals surface area (Å²) in [5, 5.41) is 0.728. The van der Waals surface area contributed by atoms with E-state index in [0.29, 0.717) is 10.7 Å². The first kappa shape index (κ1) is 10.6. The largest absolute Gasteiger partial charge is 0.282 e. The molecule has 0 atom stereocenters. The molecule has 0 aromatic carbocycles. The Kier molecular flexibility index (Phi) is 2.79. The van der Waals surface area contributed by atoms with Crippen LogP contribution in [0.3, 0.4) is 0 Å². The van der Waals surface area contributed by atoms with E-state index >= 15 is 0 Å². The second kappa shape index (κ2) is 3.94. The molecule has 0 radical (unpaired) electrons. The number of thioether (sulfide) groups is 1. The summed E-state index contributed by atoms with van der Waals surface area (Å²) >= 11 is 7.05. The van der Waals surface area contributed by atoms with Crippen LogP contribution in [0, 0.1) is 0 Å². The van der Waals surface area contributed by atoms with Crippen molar-refractivity contribution < 1.29 is 8.78 Å². The van der Waals surface area contributed by atoms with Crippen molar-refractivity contribution in [2.75, 3.05) is 6.26 Å². The molecule has 2 heterocycles. The van der Waals surface area contributed by atoms with Crippen LogP contribution >= 0.6 is 23.4 Å². The molecule has 0 unspecified atom stereocenters. The van der Waals surface area contributed by atoms with E-state index in [9.17, 15) is 8.78 Å². The maximum atomic E-state index is 12.6. The number of imidazole rings is 1. The van der Waals surface area contributed by atoms with Crippen molar-refractivity contribution in [3.8, 4) is 0 Å². The Hall–Kier alpha value is -0.880. The summed E-state index contributed by atoms with van der Waals surface area (Å²) in [6, 6.07) is 1.38. The zero-order valence-corrected chi connectivity index (χ0v) is 9.19. The normalized spacial score (nSPS) is 11.5. The summed E-state index contributed by atoms with van der Waals surface area (Å²) < 4.78 is 26.6. The van der Waals surface area contributed by atoms with Crippen LogP contribution in [0.2, 0.25) is 5.15 Å². The van der Waals surface area contributed by atoms with Crippen molar-refractivity contribution in [1.82, 2.24) is 14.4 Å². The van der Waals surface area contributed by atoms with Gasteiger partial charge in [0.15, 0.2) is 5.16 Å². The highest BCUT2D eigenvalue weighted by molar-refractivity contribution is 7.98. The Morgan fingerprint density at radius 2 is 2.27 bits per heavy atom.